The number of hydrogen-bond donors (Lipinski definition) is 3. The molecule has 0 aromatic heterocycles. The normalized spacial score (nSPS) is 23.7. The third kappa shape index (κ3) is 5.16. The number of methoxy groups -OCH3 is 1. The van der Waals surface area contributed by atoms with Crippen molar-refractivity contribution in [2.45, 2.75) is 46.1 Å². The molecule has 8 nitrogen and oxygen atoms in total. The number of amides is 3. The third-order valence-corrected chi connectivity index (χ3v) is 6.93. The molecule has 4 atom stereocenters. The number of likely N-dealkylation sites (tertiary alicyclic amines) is 1. The van der Waals surface area contributed by atoms with Gasteiger partial charge in [-0.1, -0.05) is 37.1 Å². The van der Waals surface area contributed by atoms with Gasteiger partial charge in [-0.2, -0.15) is 4.90 Å². The number of aliphatic hydroxyl groups excluding tert-OH is 2. The van der Waals surface area contributed by atoms with Crippen LogP contribution in [0.1, 0.15) is 45.6 Å². The standard InChI is InChI=1S/C26H32FNO7/c1-13(2)16-11-17-23(25(33)28(24(17)32)26(34)35-4)18(12-29)22(16)21(31)7-5-14(3)9-15-6-8-20(30)19(27)10-15/h6,8-10,13,17-18,21,23,29-31H,5,7,11-12H2,1-4H3/b14-9+/t17-,18+,21-,23-/m1/s1. The maximum absolute atomic E-state index is 13.6. The summed E-state index contributed by atoms with van der Waals surface area (Å²) in [7, 11) is 1.09. The van der Waals surface area contributed by atoms with Gasteiger partial charge < -0.3 is 20.1 Å². The van der Waals surface area contributed by atoms with E-state index in [0.29, 0.717) is 22.5 Å². The van der Waals surface area contributed by atoms with Crippen molar-refractivity contribution in [2.75, 3.05) is 13.7 Å². The summed E-state index contributed by atoms with van der Waals surface area (Å²) in [6, 6.07) is 4.06. The number of carbonyl (C=O) groups is 3. The van der Waals surface area contributed by atoms with Crippen molar-refractivity contribution in [1.29, 1.82) is 0 Å². The molecule has 3 N–H and O–H groups in total. The number of benzene rings is 1. The van der Waals surface area contributed by atoms with Crippen LogP contribution in [0.15, 0.2) is 34.9 Å². The molecule has 1 saturated heterocycles. The van der Waals surface area contributed by atoms with E-state index < -0.39 is 59.9 Å². The van der Waals surface area contributed by atoms with Gasteiger partial charge in [0.15, 0.2) is 11.6 Å². The second kappa shape index (κ2) is 10.7. The average molecular weight is 490 g/mol. The summed E-state index contributed by atoms with van der Waals surface area (Å²) in [4.78, 5) is 38.5. The lowest BCUT2D eigenvalue weighted by atomic mass is 9.66. The number of phenolic OH excluding ortho intramolecular Hbond substituents is 1. The van der Waals surface area contributed by atoms with E-state index in [1.54, 1.807) is 12.1 Å². The van der Waals surface area contributed by atoms with E-state index in [1.165, 1.54) is 12.1 Å². The minimum absolute atomic E-state index is 0.0543. The molecule has 2 aliphatic rings. The molecule has 1 aliphatic heterocycles. The van der Waals surface area contributed by atoms with Crippen LogP contribution in [-0.2, 0) is 14.3 Å². The smallest absolute Gasteiger partial charge is 0.423 e. The van der Waals surface area contributed by atoms with E-state index in [-0.39, 0.29) is 18.8 Å². The van der Waals surface area contributed by atoms with Crippen LogP contribution >= 0.6 is 0 Å². The highest BCUT2D eigenvalue weighted by Gasteiger charge is 2.57. The van der Waals surface area contributed by atoms with Gasteiger partial charge in [-0.05, 0) is 55.4 Å². The summed E-state index contributed by atoms with van der Waals surface area (Å²) in [6.07, 6.45) is 0.661. The summed E-state index contributed by atoms with van der Waals surface area (Å²) in [5, 5.41) is 30.8. The summed E-state index contributed by atoms with van der Waals surface area (Å²) in [5.41, 5.74) is 2.77. The summed E-state index contributed by atoms with van der Waals surface area (Å²) in [6.45, 7) is 5.21. The zero-order valence-electron chi connectivity index (χ0n) is 20.3. The van der Waals surface area contributed by atoms with Crippen LogP contribution in [-0.4, -0.2) is 57.9 Å². The number of aromatic hydroxyl groups is 1. The molecular formula is C26H32FNO7. The van der Waals surface area contributed by atoms with Crippen LogP contribution in [0.5, 0.6) is 5.75 Å². The molecule has 1 aromatic rings. The maximum Gasteiger partial charge on any atom is 0.423 e. The topological polar surface area (TPSA) is 124 Å². The quantitative estimate of drug-likeness (QED) is 0.396. The molecular weight excluding hydrogens is 457 g/mol. The fourth-order valence-electron chi connectivity index (χ4n) is 5.21. The Bertz CT molecular complexity index is 1080. The predicted molar refractivity (Wildman–Crippen MR) is 125 cm³/mol. The zero-order valence-corrected chi connectivity index (χ0v) is 20.3. The van der Waals surface area contributed by atoms with Crippen LogP contribution in [0.3, 0.4) is 0 Å². The van der Waals surface area contributed by atoms with Gasteiger partial charge in [-0.15, -0.1) is 0 Å². The van der Waals surface area contributed by atoms with Crippen molar-refractivity contribution < 1.29 is 38.8 Å². The Hall–Kier alpha value is -3.04. The van der Waals surface area contributed by atoms with E-state index in [4.69, 9.17) is 0 Å². The van der Waals surface area contributed by atoms with Gasteiger partial charge in [0, 0.05) is 5.92 Å². The molecule has 3 rings (SSSR count). The first-order valence-electron chi connectivity index (χ1n) is 11.6. The number of nitrogens with zero attached hydrogens (tertiary/aromatic N) is 1. The summed E-state index contributed by atoms with van der Waals surface area (Å²) >= 11 is 0. The van der Waals surface area contributed by atoms with E-state index in [9.17, 15) is 34.1 Å². The van der Waals surface area contributed by atoms with Gasteiger partial charge in [0.05, 0.1) is 31.7 Å². The molecule has 0 unspecified atom stereocenters. The molecule has 0 radical (unpaired) electrons. The summed E-state index contributed by atoms with van der Waals surface area (Å²) < 4.78 is 18.2. The number of ether oxygens (including phenoxy) is 1. The van der Waals surface area contributed by atoms with Crippen LogP contribution < -0.4 is 0 Å². The van der Waals surface area contributed by atoms with Crippen molar-refractivity contribution in [3.05, 3.63) is 46.3 Å². The van der Waals surface area contributed by atoms with Gasteiger partial charge in [0.2, 0.25) is 11.8 Å². The monoisotopic (exact) mass is 489 g/mol. The van der Waals surface area contributed by atoms with Gasteiger partial charge in [-0.3, -0.25) is 9.59 Å². The Morgan fingerprint density at radius 3 is 2.54 bits per heavy atom. The van der Waals surface area contributed by atoms with E-state index >= 15 is 0 Å². The molecule has 1 fully saturated rings. The van der Waals surface area contributed by atoms with Crippen LogP contribution in [0.2, 0.25) is 0 Å². The molecule has 9 heteroatoms. The van der Waals surface area contributed by atoms with Gasteiger partial charge in [-0.25, -0.2) is 9.18 Å². The molecule has 1 heterocycles. The number of carbonyl (C=O) groups excluding carboxylic acids is 3. The molecule has 0 spiro atoms. The van der Waals surface area contributed by atoms with E-state index in [2.05, 4.69) is 4.74 Å². The Kier molecular flexibility index (Phi) is 8.12. The predicted octanol–water partition coefficient (Wildman–Crippen LogP) is 3.41. The van der Waals surface area contributed by atoms with Crippen LogP contribution in [0.4, 0.5) is 9.18 Å². The third-order valence-electron chi connectivity index (χ3n) is 6.93. The zero-order chi connectivity index (χ0) is 26.0. The minimum atomic E-state index is -1.05. The number of allylic oxidation sites excluding steroid dienone is 2. The molecule has 1 aliphatic carbocycles. The lowest BCUT2D eigenvalue weighted by Crippen LogP contribution is -2.40. The first kappa shape index (κ1) is 26.6. The van der Waals surface area contributed by atoms with Gasteiger partial charge >= 0.3 is 6.09 Å². The Morgan fingerprint density at radius 1 is 1.29 bits per heavy atom. The molecule has 35 heavy (non-hydrogen) atoms. The number of halogens is 1. The number of hydrogen-bond acceptors (Lipinski definition) is 7. The SMILES string of the molecule is COC(=O)N1C(=O)[C@@H]2[C@@H](CC(C(C)C)=C([C@H](O)CC/C(C)=C/c3ccc(O)c(F)c3)[C@@H]2CO)C1=O. The first-order valence-corrected chi connectivity index (χ1v) is 11.6. The molecule has 0 saturated carbocycles. The Morgan fingerprint density at radius 2 is 1.97 bits per heavy atom. The highest BCUT2D eigenvalue weighted by Crippen LogP contribution is 2.48. The van der Waals surface area contributed by atoms with Crippen molar-refractivity contribution in [2.24, 2.45) is 23.7 Å². The lowest BCUT2D eigenvalue weighted by molar-refractivity contribution is -0.137. The van der Waals surface area contributed by atoms with Crippen LogP contribution in [0.25, 0.3) is 6.08 Å². The Balaban J connectivity index is 1.86. The number of imide groups is 3. The highest BCUT2D eigenvalue weighted by atomic mass is 19.1. The fourth-order valence-corrected chi connectivity index (χ4v) is 5.21. The first-order chi connectivity index (χ1) is 16.5. The number of aliphatic hydroxyl groups is 2. The van der Waals surface area contributed by atoms with Crippen molar-refractivity contribution in [3.63, 3.8) is 0 Å². The summed E-state index contributed by atoms with van der Waals surface area (Å²) in [5.74, 6) is -5.12. The number of fused-ring (bicyclic) bond motifs is 1. The molecule has 0 bridgehead atoms. The second-order valence-electron chi connectivity index (χ2n) is 9.50. The van der Waals surface area contributed by atoms with E-state index in [0.717, 1.165) is 18.3 Å². The lowest BCUT2D eigenvalue weighted by Gasteiger charge is -2.38. The maximum atomic E-state index is 13.6. The second-order valence-corrected chi connectivity index (χ2v) is 9.50. The van der Waals surface area contributed by atoms with Crippen molar-refractivity contribution in [3.8, 4) is 5.75 Å². The highest BCUT2D eigenvalue weighted by molar-refractivity contribution is 6.16. The largest absolute Gasteiger partial charge is 0.505 e. The van der Waals surface area contributed by atoms with E-state index in [1.807, 2.05) is 20.8 Å². The van der Waals surface area contributed by atoms with Crippen molar-refractivity contribution >= 4 is 24.0 Å². The van der Waals surface area contributed by atoms with Crippen LogP contribution in [0, 0.1) is 29.5 Å². The minimum Gasteiger partial charge on any atom is -0.505 e. The number of rotatable bonds is 7. The average Bonchev–Trinajstić information content (AvgIpc) is 3.07. The van der Waals surface area contributed by atoms with Crippen molar-refractivity contribution in [1.82, 2.24) is 4.90 Å². The molecule has 3 amide bonds. The molecule has 190 valence electrons. The molecule has 1 aromatic carbocycles. The van der Waals surface area contributed by atoms with Gasteiger partial charge in [0.25, 0.3) is 0 Å². The number of phenols is 1. The fraction of sp³-hybridized carbons (Fsp3) is 0.500. The van der Waals surface area contributed by atoms with Gasteiger partial charge in [0.1, 0.15) is 0 Å². The Labute approximate surface area is 203 Å².